The Bertz CT molecular complexity index is 1110. The predicted molar refractivity (Wildman–Crippen MR) is 132 cm³/mol. The summed E-state index contributed by atoms with van der Waals surface area (Å²) in [5.41, 5.74) is 5.06. The first-order chi connectivity index (χ1) is 16.2. The fourth-order valence-electron chi connectivity index (χ4n) is 4.78. The summed E-state index contributed by atoms with van der Waals surface area (Å²) < 4.78 is 0. The van der Waals surface area contributed by atoms with Crippen molar-refractivity contribution in [2.24, 2.45) is 0 Å². The predicted octanol–water partition coefficient (Wildman–Crippen LogP) is 3.80. The highest BCUT2D eigenvalue weighted by atomic mass is 16.1. The number of carbonyl (C=O) groups is 1. The fraction of sp³-hybridized carbons (Fsp3) is 0.346. The van der Waals surface area contributed by atoms with E-state index in [4.69, 9.17) is 0 Å². The number of piperidine rings is 1. The van der Waals surface area contributed by atoms with Crippen LogP contribution >= 0.6 is 0 Å². The molecule has 5 rings (SSSR count). The molecule has 0 radical (unpaired) electrons. The average molecular weight is 443 g/mol. The molecular weight excluding hydrogens is 412 g/mol. The number of hydrogen-bond acceptors (Lipinski definition) is 6. The first-order valence-corrected chi connectivity index (χ1v) is 11.6. The van der Waals surface area contributed by atoms with Crippen molar-refractivity contribution in [2.45, 2.75) is 31.8 Å². The molecule has 1 fully saturated rings. The summed E-state index contributed by atoms with van der Waals surface area (Å²) in [4.78, 5) is 26.5. The van der Waals surface area contributed by atoms with Gasteiger partial charge in [-0.05, 0) is 86.9 Å². The van der Waals surface area contributed by atoms with E-state index in [1.54, 1.807) is 30.7 Å². The second-order valence-corrected chi connectivity index (χ2v) is 8.88. The highest BCUT2D eigenvalue weighted by Crippen LogP contribution is 2.35. The molecule has 0 atom stereocenters. The maximum atomic E-state index is 13.1. The lowest BCUT2D eigenvalue weighted by Gasteiger charge is -2.36. The number of carbonyl (C=O) groups excluding carboxylic acids is 1. The van der Waals surface area contributed by atoms with E-state index in [-0.39, 0.29) is 5.91 Å². The number of anilines is 3. The highest BCUT2D eigenvalue weighted by Gasteiger charge is 2.28. The quantitative estimate of drug-likeness (QED) is 0.605. The van der Waals surface area contributed by atoms with Crippen LogP contribution in [0.1, 0.15) is 34.3 Å². The van der Waals surface area contributed by atoms with Gasteiger partial charge in [-0.2, -0.15) is 0 Å². The lowest BCUT2D eigenvalue weighted by atomic mass is 10.0. The summed E-state index contributed by atoms with van der Waals surface area (Å²) in [5, 5.41) is 6.37. The Labute approximate surface area is 194 Å². The first-order valence-electron chi connectivity index (χ1n) is 11.6. The standard InChI is InChI=1S/C26H30N6O/c1-31-14-9-22(10-15-31)32-16-8-20-4-5-21(17-24(20)32)30-26(33)23-3-2-11-28-25(23)29-18-19-6-12-27-13-7-19/h2-7,11-13,17,22H,8-10,14-16,18H2,1H3,(H,28,29)(H,30,33). The number of benzene rings is 1. The normalized spacial score (nSPS) is 16.5. The third-order valence-electron chi connectivity index (χ3n) is 6.67. The summed E-state index contributed by atoms with van der Waals surface area (Å²) >= 11 is 0. The van der Waals surface area contributed by atoms with E-state index in [2.05, 4.69) is 49.6 Å². The molecule has 2 aliphatic rings. The van der Waals surface area contributed by atoms with Crippen LogP contribution in [0.25, 0.3) is 0 Å². The molecule has 33 heavy (non-hydrogen) atoms. The number of hydrogen-bond donors (Lipinski definition) is 2. The molecule has 1 aromatic carbocycles. The van der Waals surface area contributed by atoms with Gasteiger partial charge in [-0.15, -0.1) is 0 Å². The van der Waals surface area contributed by atoms with Gasteiger partial charge in [-0.25, -0.2) is 4.98 Å². The van der Waals surface area contributed by atoms with Crippen LogP contribution in [0.4, 0.5) is 17.2 Å². The minimum Gasteiger partial charge on any atom is -0.368 e. The molecule has 1 amide bonds. The highest BCUT2D eigenvalue weighted by molar-refractivity contribution is 6.07. The van der Waals surface area contributed by atoms with Gasteiger partial charge in [0, 0.05) is 49.1 Å². The van der Waals surface area contributed by atoms with Gasteiger partial charge in [0.25, 0.3) is 5.91 Å². The van der Waals surface area contributed by atoms with Crippen molar-refractivity contribution >= 4 is 23.1 Å². The Kier molecular flexibility index (Phi) is 6.21. The van der Waals surface area contributed by atoms with Crippen molar-refractivity contribution in [3.8, 4) is 0 Å². The van der Waals surface area contributed by atoms with Gasteiger partial charge in [-0.1, -0.05) is 6.07 Å². The zero-order chi connectivity index (χ0) is 22.6. The summed E-state index contributed by atoms with van der Waals surface area (Å²) in [7, 11) is 2.19. The van der Waals surface area contributed by atoms with Gasteiger partial charge in [0.05, 0.1) is 5.56 Å². The molecule has 0 bridgehead atoms. The van der Waals surface area contributed by atoms with E-state index in [0.29, 0.717) is 24.0 Å². The molecule has 7 nitrogen and oxygen atoms in total. The van der Waals surface area contributed by atoms with E-state index in [1.165, 1.54) is 24.1 Å². The number of pyridine rings is 2. The number of likely N-dealkylation sites (tertiary alicyclic amines) is 1. The third kappa shape index (κ3) is 4.83. The van der Waals surface area contributed by atoms with Crippen LogP contribution < -0.4 is 15.5 Å². The second kappa shape index (κ2) is 9.58. The molecule has 3 aromatic rings. The number of rotatable bonds is 6. The molecule has 1 saturated heterocycles. The van der Waals surface area contributed by atoms with Crippen molar-refractivity contribution in [3.63, 3.8) is 0 Å². The number of aromatic nitrogens is 2. The van der Waals surface area contributed by atoms with Gasteiger partial charge in [-0.3, -0.25) is 9.78 Å². The van der Waals surface area contributed by atoms with Gasteiger partial charge >= 0.3 is 0 Å². The Hall–Kier alpha value is -3.45. The lowest BCUT2D eigenvalue weighted by molar-refractivity contribution is 0.102. The van der Waals surface area contributed by atoms with Crippen molar-refractivity contribution in [3.05, 3.63) is 77.7 Å². The fourth-order valence-corrected chi connectivity index (χ4v) is 4.78. The van der Waals surface area contributed by atoms with E-state index >= 15 is 0 Å². The van der Waals surface area contributed by atoms with Crippen molar-refractivity contribution in [1.29, 1.82) is 0 Å². The molecule has 2 N–H and O–H groups in total. The van der Waals surface area contributed by atoms with E-state index in [1.807, 2.05) is 18.2 Å². The molecular formula is C26H30N6O. The van der Waals surface area contributed by atoms with Gasteiger partial charge in [0.2, 0.25) is 0 Å². The SMILES string of the molecule is CN1CCC(N2CCc3ccc(NC(=O)c4cccnc4NCc4ccncc4)cc32)CC1. The van der Waals surface area contributed by atoms with E-state index in [0.717, 1.165) is 37.3 Å². The molecule has 0 saturated carbocycles. The molecule has 4 heterocycles. The largest absolute Gasteiger partial charge is 0.368 e. The Morgan fingerprint density at radius 2 is 1.88 bits per heavy atom. The van der Waals surface area contributed by atoms with Crippen LogP contribution in [0.15, 0.2) is 61.1 Å². The van der Waals surface area contributed by atoms with Crippen LogP contribution in [0.2, 0.25) is 0 Å². The minimum absolute atomic E-state index is 0.163. The van der Waals surface area contributed by atoms with Crippen LogP contribution in [0, 0.1) is 0 Å². The first kappa shape index (κ1) is 21.4. The van der Waals surface area contributed by atoms with Crippen molar-refractivity contribution < 1.29 is 4.79 Å². The Morgan fingerprint density at radius 1 is 1.06 bits per heavy atom. The summed E-state index contributed by atoms with van der Waals surface area (Å²) in [6.07, 6.45) is 8.66. The van der Waals surface area contributed by atoms with Crippen molar-refractivity contribution in [2.75, 3.05) is 42.2 Å². The van der Waals surface area contributed by atoms with Gasteiger partial charge < -0.3 is 20.4 Å². The second-order valence-electron chi connectivity index (χ2n) is 8.88. The maximum Gasteiger partial charge on any atom is 0.259 e. The maximum absolute atomic E-state index is 13.1. The van der Waals surface area contributed by atoms with Crippen molar-refractivity contribution in [1.82, 2.24) is 14.9 Å². The zero-order valence-electron chi connectivity index (χ0n) is 19.0. The van der Waals surface area contributed by atoms with E-state index in [9.17, 15) is 4.79 Å². The molecule has 2 aromatic heterocycles. The number of nitrogens with one attached hydrogen (secondary N) is 2. The molecule has 0 aliphatic carbocycles. The number of amides is 1. The summed E-state index contributed by atoms with van der Waals surface area (Å²) in [6, 6.07) is 14.4. The average Bonchev–Trinajstić information content (AvgIpc) is 3.27. The monoisotopic (exact) mass is 442 g/mol. The number of nitrogens with zero attached hydrogens (tertiary/aromatic N) is 4. The zero-order valence-corrected chi connectivity index (χ0v) is 19.0. The molecule has 2 aliphatic heterocycles. The van der Waals surface area contributed by atoms with Crippen LogP contribution in [-0.4, -0.2) is 53.5 Å². The summed E-state index contributed by atoms with van der Waals surface area (Å²) in [5.74, 6) is 0.407. The van der Waals surface area contributed by atoms with Gasteiger partial charge in [0.1, 0.15) is 5.82 Å². The van der Waals surface area contributed by atoms with Crippen LogP contribution in [0.5, 0.6) is 0 Å². The topological polar surface area (TPSA) is 73.4 Å². The summed E-state index contributed by atoms with van der Waals surface area (Å²) in [6.45, 7) is 3.92. The Balaban J connectivity index is 1.29. The Morgan fingerprint density at radius 3 is 2.70 bits per heavy atom. The molecule has 0 spiro atoms. The number of fused-ring (bicyclic) bond motifs is 1. The smallest absolute Gasteiger partial charge is 0.259 e. The van der Waals surface area contributed by atoms with E-state index < -0.39 is 0 Å². The minimum atomic E-state index is -0.163. The van der Waals surface area contributed by atoms with Crippen LogP contribution in [-0.2, 0) is 13.0 Å². The third-order valence-corrected chi connectivity index (χ3v) is 6.67. The lowest BCUT2D eigenvalue weighted by Crippen LogP contribution is -2.43. The molecule has 170 valence electrons. The molecule has 7 heteroatoms. The van der Waals surface area contributed by atoms with Crippen LogP contribution in [0.3, 0.4) is 0 Å². The molecule has 0 unspecified atom stereocenters. The van der Waals surface area contributed by atoms with Gasteiger partial charge in [0.15, 0.2) is 0 Å².